The standard InChI is InChI=1S/C17H22BrN3O3/c1-13(22)19-8-10-20(11-9-19)17(24)6-7-21(14(2)23)16-5-3-4-15(18)12-16/h3-5,12H,6-11H2,1-2H3. The minimum atomic E-state index is -0.0951. The topological polar surface area (TPSA) is 60.9 Å². The third kappa shape index (κ3) is 4.80. The molecule has 1 fully saturated rings. The molecule has 0 aromatic heterocycles. The van der Waals surface area contributed by atoms with E-state index < -0.39 is 0 Å². The van der Waals surface area contributed by atoms with Crippen molar-refractivity contribution in [3.05, 3.63) is 28.7 Å². The summed E-state index contributed by atoms with van der Waals surface area (Å²) in [5.41, 5.74) is 0.770. The molecule has 3 amide bonds. The summed E-state index contributed by atoms with van der Waals surface area (Å²) in [4.78, 5) is 40.7. The highest BCUT2D eigenvalue weighted by Gasteiger charge is 2.23. The van der Waals surface area contributed by atoms with Crippen molar-refractivity contribution in [2.75, 3.05) is 37.6 Å². The summed E-state index contributed by atoms with van der Waals surface area (Å²) in [6, 6.07) is 7.46. The van der Waals surface area contributed by atoms with Gasteiger partial charge in [-0.3, -0.25) is 14.4 Å². The van der Waals surface area contributed by atoms with Crippen molar-refractivity contribution in [1.82, 2.24) is 9.80 Å². The molecule has 0 unspecified atom stereocenters. The van der Waals surface area contributed by atoms with Gasteiger partial charge in [0.1, 0.15) is 0 Å². The molecular formula is C17H22BrN3O3. The van der Waals surface area contributed by atoms with Crippen LogP contribution >= 0.6 is 15.9 Å². The van der Waals surface area contributed by atoms with Crippen LogP contribution in [0.25, 0.3) is 0 Å². The number of carbonyl (C=O) groups is 3. The fraction of sp³-hybridized carbons (Fsp3) is 0.471. The average Bonchev–Trinajstić information content (AvgIpc) is 2.54. The van der Waals surface area contributed by atoms with Crippen molar-refractivity contribution in [2.45, 2.75) is 20.3 Å². The number of hydrogen-bond donors (Lipinski definition) is 0. The van der Waals surface area contributed by atoms with Gasteiger partial charge in [-0.15, -0.1) is 0 Å². The molecule has 0 N–H and O–H groups in total. The summed E-state index contributed by atoms with van der Waals surface area (Å²) in [7, 11) is 0. The maximum atomic E-state index is 12.4. The van der Waals surface area contributed by atoms with E-state index in [-0.39, 0.29) is 24.1 Å². The van der Waals surface area contributed by atoms with E-state index in [4.69, 9.17) is 0 Å². The molecule has 1 aliphatic rings. The molecule has 0 saturated carbocycles. The zero-order chi connectivity index (χ0) is 17.7. The fourth-order valence-electron chi connectivity index (χ4n) is 2.75. The molecule has 0 bridgehead atoms. The Kier molecular flexibility index (Phi) is 6.36. The molecule has 0 aliphatic carbocycles. The second-order valence-electron chi connectivity index (χ2n) is 5.79. The summed E-state index contributed by atoms with van der Waals surface area (Å²) < 4.78 is 0.887. The smallest absolute Gasteiger partial charge is 0.224 e. The van der Waals surface area contributed by atoms with Crippen molar-refractivity contribution >= 4 is 39.3 Å². The molecule has 7 heteroatoms. The molecule has 0 spiro atoms. The van der Waals surface area contributed by atoms with Gasteiger partial charge >= 0.3 is 0 Å². The Morgan fingerprint density at radius 2 is 1.71 bits per heavy atom. The van der Waals surface area contributed by atoms with Gasteiger partial charge in [-0.2, -0.15) is 0 Å². The molecule has 1 aromatic carbocycles. The summed E-state index contributed by atoms with van der Waals surface area (Å²) in [6.07, 6.45) is 0.270. The van der Waals surface area contributed by atoms with E-state index in [0.717, 1.165) is 10.2 Å². The van der Waals surface area contributed by atoms with Gasteiger partial charge < -0.3 is 14.7 Å². The minimum absolute atomic E-state index is 0.0134. The maximum absolute atomic E-state index is 12.4. The Labute approximate surface area is 150 Å². The van der Waals surface area contributed by atoms with E-state index in [1.807, 2.05) is 24.3 Å². The number of benzene rings is 1. The number of halogens is 1. The fourth-order valence-corrected chi connectivity index (χ4v) is 3.14. The van der Waals surface area contributed by atoms with Gasteiger partial charge in [0.05, 0.1) is 0 Å². The van der Waals surface area contributed by atoms with E-state index in [9.17, 15) is 14.4 Å². The van der Waals surface area contributed by atoms with Crippen molar-refractivity contribution < 1.29 is 14.4 Å². The highest BCUT2D eigenvalue weighted by Crippen LogP contribution is 2.20. The van der Waals surface area contributed by atoms with Gasteiger partial charge in [0.2, 0.25) is 17.7 Å². The van der Waals surface area contributed by atoms with Gasteiger partial charge in [0.15, 0.2) is 0 Å². The lowest BCUT2D eigenvalue weighted by atomic mass is 10.2. The molecule has 130 valence electrons. The number of amides is 3. The molecule has 6 nitrogen and oxygen atoms in total. The first kappa shape index (κ1) is 18.4. The number of carbonyl (C=O) groups excluding carboxylic acids is 3. The molecule has 2 rings (SSSR count). The lowest BCUT2D eigenvalue weighted by Crippen LogP contribution is -2.50. The SMILES string of the molecule is CC(=O)N1CCN(C(=O)CCN(C(C)=O)c2cccc(Br)c2)CC1. The zero-order valence-corrected chi connectivity index (χ0v) is 15.6. The van der Waals surface area contributed by atoms with Crippen LogP contribution in [0.1, 0.15) is 20.3 Å². The number of rotatable bonds is 4. The Hall–Kier alpha value is -1.89. The van der Waals surface area contributed by atoms with Crippen molar-refractivity contribution in [3.8, 4) is 0 Å². The Balaban J connectivity index is 1.92. The lowest BCUT2D eigenvalue weighted by Gasteiger charge is -2.34. The summed E-state index contributed by atoms with van der Waals surface area (Å²) in [5.74, 6) is -0.0405. The third-order valence-electron chi connectivity index (χ3n) is 4.13. The highest BCUT2D eigenvalue weighted by atomic mass is 79.9. The first-order chi connectivity index (χ1) is 11.4. The number of piperazine rings is 1. The van der Waals surface area contributed by atoms with Gasteiger partial charge in [0.25, 0.3) is 0 Å². The highest BCUT2D eigenvalue weighted by molar-refractivity contribution is 9.10. The zero-order valence-electron chi connectivity index (χ0n) is 14.0. The second-order valence-corrected chi connectivity index (χ2v) is 6.70. The summed E-state index contributed by atoms with van der Waals surface area (Å²) >= 11 is 3.39. The van der Waals surface area contributed by atoms with Crippen LogP contribution in [0.5, 0.6) is 0 Å². The molecule has 0 atom stereocenters. The van der Waals surface area contributed by atoms with Crippen molar-refractivity contribution in [1.29, 1.82) is 0 Å². The first-order valence-electron chi connectivity index (χ1n) is 7.95. The van der Waals surface area contributed by atoms with Crippen LogP contribution in [-0.4, -0.2) is 60.2 Å². The van der Waals surface area contributed by atoms with Gasteiger partial charge in [-0.25, -0.2) is 0 Å². The third-order valence-corrected chi connectivity index (χ3v) is 4.62. The van der Waals surface area contributed by atoms with E-state index in [2.05, 4.69) is 15.9 Å². The van der Waals surface area contributed by atoms with Gasteiger partial charge in [-0.1, -0.05) is 22.0 Å². The second kappa shape index (κ2) is 8.28. The van der Waals surface area contributed by atoms with Crippen LogP contribution in [0.4, 0.5) is 5.69 Å². The molecule has 1 saturated heterocycles. The van der Waals surface area contributed by atoms with E-state index >= 15 is 0 Å². The first-order valence-corrected chi connectivity index (χ1v) is 8.74. The van der Waals surface area contributed by atoms with E-state index in [1.54, 1.807) is 21.6 Å². The summed E-state index contributed by atoms with van der Waals surface area (Å²) in [5, 5.41) is 0. The maximum Gasteiger partial charge on any atom is 0.224 e. The Morgan fingerprint density at radius 1 is 1.08 bits per heavy atom. The van der Waals surface area contributed by atoms with Crippen molar-refractivity contribution in [2.24, 2.45) is 0 Å². The number of nitrogens with zero attached hydrogens (tertiary/aromatic N) is 3. The van der Waals surface area contributed by atoms with Crippen LogP contribution in [0.2, 0.25) is 0 Å². The van der Waals surface area contributed by atoms with Crippen LogP contribution < -0.4 is 4.90 Å². The Bertz CT molecular complexity index is 627. The van der Waals surface area contributed by atoms with E-state index in [1.165, 1.54) is 6.92 Å². The summed E-state index contributed by atoms with van der Waals surface area (Å²) in [6.45, 7) is 5.63. The van der Waals surface area contributed by atoms with Crippen LogP contribution in [0, 0.1) is 0 Å². The van der Waals surface area contributed by atoms with Gasteiger partial charge in [-0.05, 0) is 18.2 Å². The normalized spacial score (nSPS) is 14.5. The number of hydrogen-bond acceptors (Lipinski definition) is 3. The molecule has 1 heterocycles. The number of anilines is 1. The average molecular weight is 396 g/mol. The quantitative estimate of drug-likeness (QED) is 0.781. The molecular weight excluding hydrogens is 374 g/mol. The van der Waals surface area contributed by atoms with Crippen LogP contribution in [0.15, 0.2) is 28.7 Å². The van der Waals surface area contributed by atoms with E-state index in [0.29, 0.717) is 32.7 Å². The van der Waals surface area contributed by atoms with Gasteiger partial charge in [0, 0.05) is 63.2 Å². The predicted octanol–water partition coefficient (Wildman–Crippen LogP) is 1.88. The minimum Gasteiger partial charge on any atom is -0.339 e. The lowest BCUT2D eigenvalue weighted by molar-refractivity contribution is -0.138. The van der Waals surface area contributed by atoms with Crippen LogP contribution in [0.3, 0.4) is 0 Å². The Morgan fingerprint density at radius 3 is 2.25 bits per heavy atom. The molecule has 1 aliphatic heterocycles. The predicted molar refractivity (Wildman–Crippen MR) is 95.6 cm³/mol. The largest absolute Gasteiger partial charge is 0.339 e. The van der Waals surface area contributed by atoms with Crippen molar-refractivity contribution in [3.63, 3.8) is 0 Å². The monoisotopic (exact) mass is 395 g/mol. The molecule has 24 heavy (non-hydrogen) atoms. The van der Waals surface area contributed by atoms with Crippen LogP contribution in [-0.2, 0) is 14.4 Å². The molecule has 0 radical (unpaired) electrons. The molecule has 1 aromatic rings.